The van der Waals surface area contributed by atoms with E-state index in [-0.39, 0.29) is 0 Å². The van der Waals surface area contributed by atoms with Crippen molar-refractivity contribution in [2.24, 2.45) is 0 Å². The Hall–Kier alpha value is -1.91. The molecule has 0 saturated heterocycles. The summed E-state index contributed by atoms with van der Waals surface area (Å²) < 4.78 is 0. The van der Waals surface area contributed by atoms with Gasteiger partial charge in [-0.2, -0.15) is 5.21 Å². The minimum Gasteiger partial charge on any atom is -0.508 e. The van der Waals surface area contributed by atoms with E-state index in [0.717, 1.165) is 5.56 Å². The quantitative estimate of drug-likeness (QED) is 0.746. The van der Waals surface area contributed by atoms with E-state index in [1.807, 2.05) is 12.1 Å². The molecular weight excluding hydrogens is 180 g/mol. The van der Waals surface area contributed by atoms with Crippen LogP contribution in [0.15, 0.2) is 24.3 Å². The van der Waals surface area contributed by atoms with E-state index in [1.165, 1.54) is 0 Å². The number of aromatic nitrogens is 4. The third-order valence-electron chi connectivity index (χ3n) is 2.00. The average Bonchev–Trinajstić information content (AvgIpc) is 2.69. The zero-order valence-corrected chi connectivity index (χ0v) is 7.51. The second-order valence-corrected chi connectivity index (χ2v) is 2.96. The van der Waals surface area contributed by atoms with Gasteiger partial charge in [-0.25, -0.2) is 0 Å². The summed E-state index contributed by atoms with van der Waals surface area (Å²) >= 11 is 0. The summed E-state index contributed by atoms with van der Waals surface area (Å²) in [5.74, 6) is 0.976. The van der Waals surface area contributed by atoms with Gasteiger partial charge in [-0.15, -0.1) is 10.2 Å². The van der Waals surface area contributed by atoms with Gasteiger partial charge in [0.05, 0.1) is 0 Å². The standard InChI is InChI=1S/C9H10N4O/c14-8-4-2-1-3-7(8)5-6-9-10-12-13-11-9/h1-4,14H,5-6H2,(H,10,11,12,13). The summed E-state index contributed by atoms with van der Waals surface area (Å²) in [5, 5.41) is 23.0. The van der Waals surface area contributed by atoms with Crippen molar-refractivity contribution in [1.82, 2.24) is 20.6 Å². The summed E-state index contributed by atoms with van der Waals surface area (Å²) in [6.07, 6.45) is 1.39. The zero-order valence-electron chi connectivity index (χ0n) is 7.51. The molecule has 5 nitrogen and oxygen atoms in total. The number of nitrogens with zero attached hydrogens (tertiary/aromatic N) is 3. The fourth-order valence-corrected chi connectivity index (χ4v) is 1.26. The summed E-state index contributed by atoms with van der Waals surface area (Å²) in [5.41, 5.74) is 0.900. The Morgan fingerprint density at radius 2 is 2.07 bits per heavy atom. The number of aromatic amines is 1. The number of aromatic hydroxyl groups is 1. The highest BCUT2D eigenvalue weighted by molar-refractivity contribution is 5.31. The van der Waals surface area contributed by atoms with E-state index in [9.17, 15) is 5.11 Å². The van der Waals surface area contributed by atoms with Gasteiger partial charge in [0.25, 0.3) is 0 Å². The van der Waals surface area contributed by atoms with Crippen LogP contribution in [0.3, 0.4) is 0 Å². The fourth-order valence-electron chi connectivity index (χ4n) is 1.26. The van der Waals surface area contributed by atoms with E-state index in [1.54, 1.807) is 12.1 Å². The minimum absolute atomic E-state index is 0.316. The highest BCUT2D eigenvalue weighted by Crippen LogP contribution is 2.16. The molecule has 0 unspecified atom stereocenters. The number of benzene rings is 1. The van der Waals surface area contributed by atoms with Crippen LogP contribution >= 0.6 is 0 Å². The highest BCUT2D eigenvalue weighted by atomic mass is 16.3. The molecule has 0 aliphatic heterocycles. The Bertz CT molecular complexity index is 399. The number of phenolic OH excluding ortho intramolecular Hbond substituents is 1. The summed E-state index contributed by atoms with van der Waals surface area (Å²) in [7, 11) is 0. The van der Waals surface area contributed by atoms with E-state index >= 15 is 0 Å². The molecule has 2 aromatic rings. The highest BCUT2D eigenvalue weighted by Gasteiger charge is 2.02. The number of rotatable bonds is 3. The number of tetrazole rings is 1. The number of H-pyrrole nitrogens is 1. The molecule has 0 atom stereocenters. The van der Waals surface area contributed by atoms with Crippen LogP contribution in [0.4, 0.5) is 0 Å². The van der Waals surface area contributed by atoms with Gasteiger partial charge < -0.3 is 5.11 Å². The molecule has 72 valence electrons. The molecule has 1 aromatic heterocycles. The Balaban J connectivity index is 2.02. The normalized spacial score (nSPS) is 10.3. The first kappa shape index (κ1) is 8.68. The summed E-state index contributed by atoms with van der Waals surface area (Å²) in [4.78, 5) is 0. The third-order valence-corrected chi connectivity index (χ3v) is 2.00. The molecule has 1 aromatic carbocycles. The molecule has 0 spiro atoms. The molecule has 1 heterocycles. The van der Waals surface area contributed by atoms with Gasteiger partial charge in [-0.3, -0.25) is 0 Å². The summed E-state index contributed by atoms with van der Waals surface area (Å²) in [6, 6.07) is 7.25. The van der Waals surface area contributed by atoms with Gasteiger partial charge in [0, 0.05) is 6.42 Å². The molecular formula is C9H10N4O. The van der Waals surface area contributed by atoms with Gasteiger partial charge >= 0.3 is 0 Å². The van der Waals surface area contributed by atoms with Crippen molar-refractivity contribution in [3.63, 3.8) is 0 Å². The van der Waals surface area contributed by atoms with Gasteiger partial charge in [0.1, 0.15) is 5.75 Å². The molecule has 0 fully saturated rings. The van der Waals surface area contributed by atoms with E-state index in [2.05, 4.69) is 20.6 Å². The molecule has 0 bridgehead atoms. The smallest absolute Gasteiger partial charge is 0.174 e. The molecule has 14 heavy (non-hydrogen) atoms. The second-order valence-electron chi connectivity index (χ2n) is 2.96. The van der Waals surface area contributed by atoms with E-state index < -0.39 is 0 Å². The van der Waals surface area contributed by atoms with Crippen LogP contribution < -0.4 is 0 Å². The predicted octanol–water partition coefficient (Wildman–Crippen LogP) is 0.690. The number of para-hydroxylation sites is 1. The van der Waals surface area contributed by atoms with Gasteiger partial charge in [-0.1, -0.05) is 23.4 Å². The Morgan fingerprint density at radius 1 is 1.21 bits per heavy atom. The van der Waals surface area contributed by atoms with Crippen molar-refractivity contribution >= 4 is 0 Å². The lowest BCUT2D eigenvalue weighted by molar-refractivity contribution is 0.467. The van der Waals surface area contributed by atoms with Crippen LogP contribution in [0.25, 0.3) is 0 Å². The second kappa shape index (κ2) is 3.87. The van der Waals surface area contributed by atoms with Crippen molar-refractivity contribution in [2.45, 2.75) is 12.8 Å². The molecule has 0 saturated carbocycles. The van der Waals surface area contributed by atoms with Crippen molar-refractivity contribution < 1.29 is 5.11 Å². The number of hydrogen-bond acceptors (Lipinski definition) is 4. The number of phenols is 1. The monoisotopic (exact) mass is 190 g/mol. The zero-order chi connectivity index (χ0) is 9.80. The van der Waals surface area contributed by atoms with Crippen LogP contribution in [0.5, 0.6) is 5.75 Å². The Labute approximate surface area is 80.8 Å². The van der Waals surface area contributed by atoms with Gasteiger partial charge in [-0.05, 0) is 18.1 Å². The van der Waals surface area contributed by atoms with Gasteiger partial charge in [0.15, 0.2) is 5.82 Å². The first-order valence-corrected chi connectivity index (χ1v) is 4.35. The van der Waals surface area contributed by atoms with Crippen molar-refractivity contribution in [3.8, 4) is 5.75 Å². The molecule has 0 aliphatic rings. The first-order chi connectivity index (χ1) is 6.86. The maximum absolute atomic E-state index is 9.47. The lowest BCUT2D eigenvalue weighted by Crippen LogP contribution is -1.94. The topological polar surface area (TPSA) is 74.7 Å². The average molecular weight is 190 g/mol. The molecule has 5 heteroatoms. The molecule has 2 rings (SSSR count). The van der Waals surface area contributed by atoms with Crippen LogP contribution in [-0.4, -0.2) is 25.7 Å². The van der Waals surface area contributed by atoms with Crippen molar-refractivity contribution in [3.05, 3.63) is 35.7 Å². The lowest BCUT2D eigenvalue weighted by Gasteiger charge is -2.00. The molecule has 2 N–H and O–H groups in total. The fraction of sp³-hybridized carbons (Fsp3) is 0.222. The maximum Gasteiger partial charge on any atom is 0.174 e. The third kappa shape index (κ3) is 1.87. The Morgan fingerprint density at radius 3 is 2.79 bits per heavy atom. The van der Waals surface area contributed by atoms with Crippen LogP contribution in [0, 0.1) is 0 Å². The Kier molecular flexibility index (Phi) is 2.40. The van der Waals surface area contributed by atoms with Crippen molar-refractivity contribution in [2.75, 3.05) is 0 Å². The molecule has 0 aliphatic carbocycles. The summed E-state index contributed by atoms with van der Waals surface area (Å²) in [6.45, 7) is 0. The SMILES string of the molecule is Oc1ccccc1CCc1nn[nH]n1. The predicted molar refractivity (Wildman–Crippen MR) is 49.7 cm³/mol. The van der Waals surface area contributed by atoms with Crippen LogP contribution in [0.2, 0.25) is 0 Å². The molecule has 0 amide bonds. The number of aryl methyl sites for hydroxylation is 2. The van der Waals surface area contributed by atoms with E-state index in [4.69, 9.17) is 0 Å². The first-order valence-electron chi connectivity index (χ1n) is 4.35. The van der Waals surface area contributed by atoms with E-state index in [0.29, 0.717) is 24.4 Å². The van der Waals surface area contributed by atoms with Gasteiger partial charge in [0.2, 0.25) is 0 Å². The lowest BCUT2D eigenvalue weighted by atomic mass is 10.1. The van der Waals surface area contributed by atoms with Crippen molar-refractivity contribution in [1.29, 1.82) is 0 Å². The minimum atomic E-state index is 0.316. The number of nitrogens with one attached hydrogen (secondary N) is 1. The maximum atomic E-state index is 9.47. The largest absolute Gasteiger partial charge is 0.508 e. The van der Waals surface area contributed by atoms with Crippen LogP contribution in [0.1, 0.15) is 11.4 Å². The molecule has 0 radical (unpaired) electrons. The van der Waals surface area contributed by atoms with Crippen LogP contribution in [-0.2, 0) is 12.8 Å². The number of hydrogen-bond donors (Lipinski definition) is 2.